The Labute approximate surface area is 150 Å². The van der Waals surface area contributed by atoms with E-state index in [0.717, 1.165) is 0 Å². The molecule has 0 spiro atoms. The monoisotopic (exact) mass is 357 g/mol. The van der Waals surface area contributed by atoms with Gasteiger partial charge in [-0.15, -0.1) is 0 Å². The van der Waals surface area contributed by atoms with Gasteiger partial charge >= 0.3 is 0 Å². The number of amides is 2. The first-order valence-electron chi connectivity index (χ1n) is 7.67. The Bertz CT molecular complexity index is 803. The quantitative estimate of drug-likeness (QED) is 0.518. The minimum absolute atomic E-state index is 0.0200. The number of hydrogen-bond donors (Lipinski definition) is 3. The molecule has 2 amide bonds. The highest BCUT2D eigenvalue weighted by molar-refractivity contribution is 5.88. The van der Waals surface area contributed by atoms with Gasteiger partial charge in [0.25, 0.3) is 5.91 Å². The lowest BCUT2D eigenvalue weighted by Crippen LogP contribution is -2.24. The lowest BCUT2D eigenvalue weighted by Gasteiger charge is -2.07. The first-order valence-corrected chi connectivity index (χ1v) is 7.67. The third-order valence-electron chi connectivity index (χ3n) is 3.15. The van der Waals surface area contributed by atoms with E-state index in [-0.39, 0.29) is 18.3 Å². The Kier molecular flexibility index (Phi) is 6.55. The number of hydrazone groups is 1. The highest BCUT2D eigenvalue weighted by atomic mass is 16.5. The predicted molar refractivity (Wildman–Crippen MR) is 96.6 cm³/mol. The van der Waals surface area contributed by atoms with Crippen molar-refractivity contribution in [3.05, 3.63) is 48.0 Å². The van der Waals surface area contributed by atoms with Crippen molar-refractivity contribution >= 4 is 23.7 Å². The van der Waals surface area contributed by atoms with E-state index in [1.54, 1.807) is 36.4 Å². The van der Waals surface area contributed by atoms with E-state index in [9.17, 15) is 14.7 Å². The Balaban J connectivity index is 1.80. The molecule has 0 atom stereocenters. The van der Waals surface area contributed by atoms with Crippen molar-refractivity contribution in [1.82, 2.24) is 5.43 Å². The molecule has 0 aliphatic heterocycles. The van der Waals surface area contributed by atoms with Crippen LogP contribution in [0.15, 0.2) is 47.6 Å². The molecule has 0 bridgehead atoms. The Hall–Kier alpha value is -3.55. The van der Waals surface area contributed by atoms with Crippen LogP contribution >= 0.6 is 0 Å². The molecule has 0 fully saturated rings. The molecule has 0 aliphatic rings. The van der Waals surface area contributed by atoms with Crippen LogP contribution in [-0.4, -0.2) is 36.9 Å². The highest BCUT2D eigenvalue weighted by Crippen LogP contribution is 2.25. The molecule has 8 heteroatoms. The summed E-state index contributed by atoms with van der Waals surface area (Å²) in [6.45, 7) is 1.21. The van der Waals surface area contributed by atoms with E-state index in [1.807, 2.05) is 0 Å². The van der Waals surface area contributed by atoms with Gasteiger partial charge in [-0.3, -0.25) is 9.59 Å². The van der Waals surface area contributed by atoms with E-state index in [2.05, 4.69) is 15.8 Å². The number of nitrogens with one attached hydrogen (secondary N) is 2. The van der Waals surface area contributed by atoms with E-state index in [1.165, 1.54) is 26.3 Å². The van der Waals surface area contributed by atoms with Crippen molar-refractivity contribution in [3.63, 3.8) is 0 Å². The summed E-state index contributed by atoms with van der Waals surface area (Å²) < 4.78 is 10.3. The third-order valence-corrected chi connectivity index (χ3v) is 3.15. The van der Waals surface area contributed by atoms with Crippen LogP contribution in [0, 0.1) is 0 Å². The van der Waals surface area contributed by atoms with Crippen LogP contribution in [0.1, 0.15) is 12.5 Å². The minimum Gasteiger partial charge on any atom is -0.504 e. The van der Waals surface area contributed by atoms with E-state index in [0.29, 0.717) is 22.7 Å². The molecule has 3 N–H and O–H groups in total. The van der Waals surface area contributed by atoms with Crippen LogP contribution in [0.2, 0.25) is 0 Å². The summed E-state index contributed by atoms with van der Waals surface area (Å²) in [6, 6.07) is 11.3. The van der Waals surface area contributed by atoms with Crippen molar-refractivity contribution in [1.29, 1.82) is 0 Å². The molecule has 0 saturated carbocycles. The number of hydrogen-bond acceptors (Lipinski definition) is 6. The number of phenols is 1. The van der Waals surface area contributed by atoms with Crippen molar-refractivity contribution in [2.45, 2.75) is 6.92 Å². The second-order valence-electron chi connectivity index (χ2n) is 5.22. The number of benzene rings is 2. The lowest BCUT2D eigenvalue weighted by atomic mass is 10.2. The first-order chi connectivity index (χ1) is 12.5. The van der Waals surface area contributed by atoms with E-state index in [4.69, 9.17) is 9.47 Å². The third kappa shape index (κ3) is 5.82. The van der Waals surface area contributed by atoms with Gasteiger partial charge in [0.15, 0.2) is 18.1 Å². The molecule has 2 rings (SSSR count). The number of methoxy groups -OCH3 is 1. The summed E-state index contributed by atoms with van der Waals surface area (Å²) in [5.41, 5.74) is 3.63. The Morgan fingerprint density at radius 2 is 1.92 bits per heavy atom. The van der Waals surface area contributed by atoms with Crippen LogP contribution < -0.4 is 20.2 Å². The van der Waals surface area contributed by atoms with Crippen LogP contribution in [0.5, 0.6) is 17.2 Å². The van der Waals surface area contributed by atoms with E-state index < -0.39 is 5.91 Å². The molecular formula is C18H19N3O5. The van der Waals surface area contributed by atoms with Crippen LogP contribution in [0.3, 0.4) is 0 Å². The number of phenolic OH excluding ortho intramolecular Hbond substituents is 1. The highest BCUT2D eigenvalue weighted by Gasteiger charge is 2.03. The maximum atomic E-state index is 11.7. The van der Waals surface area contributed by atoms with Crippen LogP contribution in [-0.2, 0) is 9.59 Å². The molecule has 2 aromatic rings. The molecule has 0 unspecified atom stereocenters. The molecule has 0 aromatic heterocycles. The summed E-state index contributed by atoms with van der Waals surface area (Å²) in [4.78, 5) is 22.7. The smallest absolute Gasteiger partial charge is 0.277 e. The second kappa shape index (κ2) is 9.07. The van der Waals surface area contributed by atoms with Crippen molar-refractivity contribution in [2.75, 3.05) is 19.0 Å². The van der Waals surface area contributed by atoms with Gasteiger partial charge in [-0.1, -0.05) is 0 Å². The molecule has 26 heavy (non-hydrogen) atoms. The molecule has 0 radical (unpaired) electrons. The normalized spacial score (nSPS) is 10.4. The second-order valence-corrected chi connectivity index (χ2v) is 5.22. The SMILES string of the molecule is COc1cc(/C=N/NC(=O)COc2ccc(NC(C)=O)cc2)ccc1O. The van der Waals surface area contributed by atoms with Crippen molar-refractivity contribution in [2.24, 2.45) is 5.10 Å². The van der Waals surface area contributed by atoms with Gasteiger partial charge in [0.2, 0.25) is 5.91 Å². The Morgan fingerprint density at radius 3 is 2.58 bits per heavy atom. The van der Waals surface area contributed by atoms with Gasteiger partial charge in [-0.05, 0) is 48.0 Å². The number of carbonyl (C=O) groups excluding carboxylic acids is 2. The Morgan fingerprint density at radius 1 is 1.19 bits per heavy atom. The number of rotatable bonds is 7. The zero-order chi connectivity index (χ0) is 18.9. The maximum absolute atomic E-state index is 11.7. The van der Waals surface area contributed by atoms with Gasteiger partial charge in [-0.25, -0.2) is 5.43 Å². The predicted octanol–water partition coefficient (Wildman–Crippen LogP) is 1.89. The van der Waals surface area contributed by atoms with Gasteiger partial charge in [0.1, 0.15) is 5.75 Å². The molecule has 8 nitrogen and oxygen atoms in total. The zero-order valence-electron chi connectivity index (χ0n) is 14.4. The molecule has 0 aliphatic carbocycles. The molecule has 136 valence electrons. The number of nitrogens with zero attached hydrogens (tertiary/aromatic N) is 1. The summed E-state index contributed by atoms with van der Waals surface area (Å²) in [7, 11) is 1.44. The first kappa shape index (κ1) is 18.8. The standard InChI is InChI=1S/C18H19N3O5/c1-12(22)20-14-4-6-15(7-5-14)26-11-18(24)21-19-10-13-3-8-16(23)17(9-13)25-2/h3-10,23H,11H2,1-2H3,(H,20,22)(H,21,24)/b19-10+. The summed E-state index contributed by atoms with van der Waals surface area (Å²) in [6.07, 6.45) is 1.42. The molecule has 0 heterocycles. The lowest BCUT2D eigenvalue weighted by molar-refractivity contribution is -0.123. The summed E-state index contributed by atoms with van der Waals surface area (Å²) >= 11 is 0. The van der Waals surface area contributed by atoms with Gasteiger partial charge in [-0.2, -0.15) is 5.10 Å². The van der Waals surface area contributed by atoms with E-state index >= 15 is 0 Å². The fraction of sp³-hybridized carbons (Fsp3) is 0.167. The van der Waals surface area contributed by atoms with Crippen molar-refractivity contribution in [3.8, 4) is 17.2 Å². The van der Waals surface area contributed by atoms with Crippen molar-refractivity contribution < 1.29 is 24.2 Å². The minimum atomic E-state index is -0.432. The average Bonchev–Trinajstić information content (AvgIpc) is 2.62. The van der Waals surface area contributed by atoms with Crippen LogP contribution in [0.25, 0.3) is 0 Å². The topological polar surface area (TPSA) is 109 Å². The molecule has 2 aromatic carbocycles. The fourth-order valence-corrected chi connectivity index (χ4v) is 1.97. The van der Waals surface area contributed by atoms with Gasteiger partial charge in [0, 0.05) is 12.6 Å². The zero-order valence-corrected chi connectivity index (χ0v) is 14.4. The number of anilines is 1. The van der Waals surface area contributed by atoms with Gasteiger partial charge < -0.3 is 19.9 Å². The van der Waals surface area contributed by atoms with Gasteiger partial charge in [0.05, 0.1) is 13.3 Å². The largest absolute Gasteiger partial charge is 0.504 e. The number of ether oxygens (including phenoxy) is 2. The maximum Gasteiger partial charge on any atom is 0.277 e. The summed E-state index contributed by atoms with van der Waals surface area (Å²) in [5, 5.41) is 16.0. The molecule has 0 saturated heterocycles. The summed E-state index contributed by atoms with van der Waals surface area (Å²) in [5.74, 6) is 0.222. The number of carbonyl (C=O) groups is 2. The average molecular weight is 357 g/mol. The molecular weight excluding hydrogens is 338 g/mol. The van der Waals surface area contributed by atoms with Crippen LogP contribution in [0.4, 0.5) is 5.69 Å². The fourth-order valence-electron chi connectivity index (χ4n) is 1.97. The number of aromatic hydroxyl groups is 1.